The highest BCUT2D eigenvalue weighted by molar-refractivity contribution is 5.76. The van der Waals surface area contributed by atoms with Crippen molar-refractivity contribution in [1.82, 2.24) is 5.48 Å². The van der Waals surface area contributed by atoms with Crippen molar-refractivity contribution in [3.63, 3.8) is 0 Å². The summed E-state index contributed by atoms with van der Waals surface area (Å²) in [6, 6.07) is 0. The summed E-state index contributed by atoms with van der Waals surface area (Å²) in [5.74, 6) is -1.55. The Balaban J connectivity index is 3.25. The highest BCUT2D eigenvalue weighted by atomic mass is 16.7. The molecule has 0 saturated heterocycles. The molecule has 0 aliphatic heterocycles. The van der Waals surface area contributed by atoms with Gasteiger partial charge in [-0.25, -0.2) is 0 Å². The lowest BCUT2D eigenvalue weighted by molar-refractivity contribution is -0.153. The molecule has 5 nitrogen and oxygen atoms in total. The number of unbranched alkanes of at least 4 members (excludes halogenated alkanes) is 1. The Hall–Kier alpha value is -1.10. The van der Waals surface area contributed by atoms with E-state index in [1.807, 2.05) is 0 Å². The SMILES string of the molecule is [CH2]CCCNOC(=O)CCC(=O)O. The maximum absolute atomic E-state index is 10.7. The van der Waals surface area contributed by atoms with E-state index in [0.29, 0.717) is 6.54 Å². The minimum Gasteiger partial charge on any atom is -0.481 e. The van der Waals surface area contributed by atoms with Crippen LogP contribution in [-0.4, -0.2) is 23.6 Å². The third kappa shape index (κ3) is 8.81. The number of aliphatic carboxylic acids is 1. The zero-order chi connectivity index (χ0) is 10.1. The number of rotatable bonds is 7. The summed E-state index contributed by atoms with van der Waals surface area (Å²) in [6.45, 7) is 4.15. The van der Waals surface area contributed by atoms with Crippen LogP contribution in [0.4, 0.5) is 0 Å². The van der Waals surface area contributed by atoms with Crippen molar-refractivity contribution in [2.75, 3.05) is 6.54 Å². The Morgan fingerprint density at radius 3 is 2.62 bits per heavy atom. The van der Waals surface area contributed by atoms with E-state index >= 15 is 0 Å². The van der Waals surface area contributed by atoms with Gasteiger partial charge in [0.2, 0.25) is 0 Å². The standard InChI is InChI=1S/C8H14NO4/c1-2-3-6-9-13-8(12)5-4-7(10)11/h9H,1-6H2,(H,10,11). The third-order valence-corrected chi connectivity index (χ3v) is 1.26. The second kappa shape index (κ2) is 7.54. The normalized spacial score (nSPS) is 9.62. The van der Waals surface area contributed by atoms with E-state index in [1.54, 1.807) is 0 Å². The van der Waals surface area contributed by atoms with E-state index in [0.717, 1.165) is 12.8 Å². The zero-order valence-electron chi connectivity index (χ0n) is 7.41. The monoisotopic (exact) mass is 188 g/mol. The summed E-state index contributed by atoms with van der Waals surface area (Å²) in [6.07, 6.45) is 1.27. The van der Waals surface area contributed by atoms with E-state index < -0.39 is 11.9 Å². The van der Waals surface area contributed by atoms with Crippen LogP contribution in [0.3, 0.4) is 0 Å². The maximum atomic E-state index is 10.7. The van der Waals surface area contributed by atoms with Gasteiger partial charge in [0.1, 0.15) is 0 Å². The second-order valence-corrected chi connectivity index (χ2v) is 2.47. The van der Waals surface area contributed by atoms with Gasteiger partial charge in [0.25, 0.3) is 0 Å². The molecule has 0 aliphatic rings. The second-order valence-electron chi connectivity index (χ2n) is 2.47. The molecular formula is C8H14NO4. The molecule has 0 saturated carbocycles. The van der Waals surface area contributed by atoms with E-state index in [1.165, 1.54) is 0 Å². The van der Waals surface area contributed by atoms with Crippen LogP contribution >= 0.6 is 0 Å². The van der Waals surface area contributed by atoms with Crippen LogP contribution in [0.25, 0.3) is 0 Å². The summed E-state index contributed by atoms with van der Waals surface area (Å²) in [4.78, 5) is 25.3. The van der Waals surface area contributed by atoms with Crippen molar-refractivity contribution in [2.24, 2.45) is 0 Å². The topological polar surface area (TPSA) is 75.6 Å². The first-order valence-electron chi connectivity index (χ1n) is 4.10. The van der Waals surface area contributed by atoms with Crippen molar-refractivity contribution in [2.45, 2.75) is 25.7 Å². The highest BCUT2D eigenvalue weighted by Crippen LogP contribution is 1.91. The molecule has 0 atom stereocenters. The quantitative estimate of drug-likeness (QED) is 0.450. The number of hydrogen-bond acceptors (Lipinski definition) is 4. The van der Waals surface area contributed by atoms with E-state index in [-0.39, 0.29) is 12.8 Å². The summed E-state index contributed by atoms with van der Waals surface area (Å²) in [5, 5.41) is 8.24. The number of carboxylic acids is 1. The smallest absolute Gasteiger partial charge is 0.325 e. The predicted molar refractivity (Wildman–Crippen MR) is 45.6 cm³/mol. The van der Waals surface area contributed by atoms with Crippen LogP contribution in [-0.2, 0) is 14.4 Å². The average Bonchev–Trinajstić information content (AvgIpc) is 2.09. The summed E-state index contributed by atoms with van der Waals surface area (Å²) in [5.41, 5.74) is 2.43. The number of nitrogens with one attached hydrogen (secondary N) is 1. The van der Waals surface area contributed by atoms with Gasteiger partial charge in [-0.05, 0) is 6.42 Å². The van der Waals surface area contributed by atoms with Crippen LogP contribution in [0.2, 0.25) is 0 Å². The lowest BCUT2D eigenvalue weighted by Gasteiger charge is -2.03. The van der Waals surface area contributed by atoms with Gasteiger partial charge in [0.15, 0.2) is 0 Å². The van der Waals surface area contributed by atoms with Gasteiger partial charge in [0.05, 0.1) is 12.8 Å². The number of carbonyl (C=O) groups excluding carboxylic acids is 1. The van der Waals surface area contributed by atoms with E-state index in [9.17, 15) is 9.59 Å². The molecule has 13 heavy (non-hydrogen) atoms. The Labute approximate surface area is 77.0 Å². The minimum absolute atomic E-state index is 0.104. The van der Waals surface area contributed by atoms with Crippen molar-refractivity contribution in [3.05, 3.63) is 6.92 Å². The fourth-order valence-corrected chi connectivity index (χ4v) is 0.589. The first-order chi connectivity index (χ1) is 6.16. The maximum Gasteiger partial charge on any atom is 0.325 e. The molecule has 0 aromatic rings. The largest absolute Gasteiger partial charge is 0.481 e. The fraction of sp³-hybridized carbons (Fsp3) is 0.625. The molecule has 0 fully saturated rings. The molecule has 0 rings (SSSR count). The summed E-state index contributed by atoms with van der Waals surface area (Å²) in [7, 11) is 0. The summed E-state index contributed by atoms with van der Waals surface area (Å²) < 4.78 is 0. The predicted octanol–water partition coefficient (Wildman–Crippen LogP) is 0.513. The first kappa shape index (κ1) is 11.9. The molecule has 0 aromatic carbocycles. The Kier molecular flexibility index (Phi) is 6.91. The van der Waals surface area contributed by atoms with Crippen LogP contribution in [0.1, 0.15) is 25.7 Å². The Bertz CT molecular complexity index is 170. The molecule has 0 bridgehead atoms. The lowest BCUT2D eigenvalue weighted by atomic mass is 10.3. The third-order valence-electron chi connectivity index (χ3n) is 1.26. The summed E-state index contributed by atoms with van der Waals surface area (Å²) >= 11 is 0. The number of hydroxylamine groups is 1. The Morgan fingerprint density at radius 1 is 1.38 bits per heavy atom. The van der Waals surface area contributed by atoms with Gasteiger partial charge in [-0.3, -0.25) is 9.59 Å². The van der Waals surface area contributed by atoms with Crippen molar-refractivity contribution in [3.8, 4) is 0 Å². The molecule has 0 aliphatic carbocycles. The molecule has 1 radical (unpaired) electrons. The molecular weight excluding hydrogens is 174 g/mol. The van der Waals surface area contributed by atoms with Crippen LogP contribution in [0.5, 0.6) is 0 Å². The van der Waals surface area contributed by atoms with Crippen molar-refractivity contribution < 1.29 is 19.5 Å². The molecule has 2 N–H and O–H groups in total. The Morgan fingerprint density at radius 2 is 2.08 bits per heavy atom. The van der Waals surface area contributed by atoms with Crippen molar-refractivity contribution in [1.29, 1.82) is 0 Å². The molecule has 0 heterocycles. The zero-order valence-corrected chi connectivity index (χ0v) is 7.41. The van der Waals surface area contributed by atoms with Gasteiger partial charge < -0.3 is 9.94 Å². The molecule has 0 amide bonds. The molecule has 75 valence electrons. The highest BCUT2D eigenvalue weighted by Gasteiger charge is 2.05. The fourth-order valence-electron chi connectivity index (χ4n) is 0.589. The average molecular weight is 188 g/mol. The minimum atomic E-state index is -1.00. The van der Waals surface area contributed by atoms with E-state index in [2.05, 4.69) is 17.2 Å². The van der Waals surface area contributed by atoms with Gasteiger partial charge >= 0.3 is 11.9 Å². The lowest BCUT2D eigenvalue weighted by Crippen LogP contribution is -2.21. The van der Waals surface area contributed by atoms with Crippen LogP contribution in [0, 0.1) is 6.92 Å². The van der Waals surface area contributed by atoms with Gasteiger partial charge in [-0.2, -0.15) is 5.48 Å². The van der Waals surface area contributed by atoms with E-state index in [4.69, 9.17) is 5.11 Å². The van der Waals surface area contributed by atoms with Crippen LogP contribution in [0.15, 0.2) is 0 Å². The first-order valence-corrected chi connectivity index (χ1v) is 4.10. The van der Waals surface area contributed by atoms with Gasteiger partial charge in [0, 0.05) is 6.54 Å². The van der Waals surface area contributed by atoms with Crippen LogP contribution < -0.4 is 5.48 Å². The van der Waals surface area contributed by atoms with Gasteiger partial charge in [-0.1, -0.05) is 13.3 Å². The molecule has 0 spiro atoms. The number of carboxylic acid groups (broad SMARTS) is 1. The van der Waals surface area contributed by atoms with Gasteiger partial charge in [-0.15, -0.1) is 0 Å². The molecule has 0 aromatic heterocycles. The number of hydrogen-bond donors (Lipinski definition) is 2. The number of carbonyl (C=O) groups is 2. The molecule has 0 unspecified atom stereocenters. The molecule has 5 heteroatoms. The van der Waals surface area contributed by atoms with Crippen molar-refractivity contribution >= 4 is 11.9 Å².